The first kappa shape index (κ1) is 16.7. The maximum Gasteiger partial charge on any atom is 0.250 e. The summed E-state index contributed by atoms with van der Waals surface area (Å²) in [5, 5.41) is 2.80. The number of hydrogen-bond donors (Lipinski definition) is 2. The summed E-state index contributed by atoms with van der Waals surface area (Å²) in [5.74, 6) is -0.593. The molecule has 2 aromatic carbocycles. The van der Waals surface area contributed by atoms with Gasteiger partial charge in [0, 0.05) is 12.1 Å². The highest BCUT2D eigenvalue weighted by molar-refractivity contribution is 5.92. The van der Waals surface area contributed by atoms with Gasteiger partial charge in [0.05, 0.1) is 6.61 Å². The van der Waals surface area contributed by atoms with Gasteiger partial charge in [-0.15, -0.1) is 0 Å². The van der Waals surface area contributed by atoms with E-state index in [1.54, 1.807) is 6.07 Å². The van der Waals surface area contributed by atoms with E-state index in [9.17, 15) is 9.59 Å². The van der Waals surface area contributed by atoms with Crippen LogP contribution in [0.25, 0.3) is 0 Å². The standard InChI is InChI=1S/C18H20N2O3/c19-17(21)11-10-15-8-4-5-9-16(15)20-18(22)13-23-12-14-6-2-1-3-7-14/h1-9H,10-13H2,(H2,19,21)(H,20,22). The molecule has 0 radical (unpaired) electrons. The zero-order chi connectivity index (χ0) is 16.5. The molecule has 2 aromatic rings. The fourth-order valence-corrected chi connectivity index (χ4v) is 2.14. The van der Waals surface area contributed by atoms with Crippen LogP contribution in [0.3, 0.4) is 0 Å². The fourth-order valence-electron chi connectivity index (χ4n) is 2.14. The Morgan fingerprint density at radius 2 is 1.70 bits per heavy atom. The number of carbonyl (C=O) groups is 2. The predicted octanol–water partition coefficient (Wildman–Crippen LogP) is 2.26. The van der Waals surface area contributed by atoms with Crippen LogP contribution >= 0.6 is 0 Å². The molecule has 0 fully saturated rings. The van der Waals surface area contributed by atoms with Crippen LogP contribution in [0, 0.1) is 0 Å². The van der Waals surface area contributed by atoms with E-state index in [2.05, 4.69) is 5.32 Å². The Hall–Kier alpha value is -2.66. The summed E-state index contributed by atoms with van der Waals surface area (Å²) < 4.78 is 5.41. The Morgan fingerprint density at radius 1 is 1.00 bits per heavy atom. The molecule has 0 unspecified atom stereocenters. The van der Waals surface area contributed by atoms with Gasteiger partial charge in [0.15, 0.2) is 0 Å². The predicted molar refractivity (Wildman–Crippen MR) is 88.7 cm³/mol. The SMILES string of the molecule is NC(=O)CCc1ccccc1NC(=O)COCc1ccccc1. The number of aryl methyl sites for hydroxylation is 1. The highest BCUT2D eigenvalue weighted by Crippen LogP contribution is 2.16. The molecule has 23 heavy (non-hydrogen) atoms. The lowest BCUT2D eigenvalue weighted by molar-refractivity contribution is -0.121. The Kier molecular flexibility index (Phi) is 6.32. The number of primary amides is 1. The van der Waals surface area contributed by atoms with E-state index < -0.39 is 0 Å². The van der Waals surface area contributed by atoms with Crippen LogP contribution in [0.15, 0.2) is 54.6 Å². The van der Waals surface area contributed by atoms with E-state index >= 15 is 0 Å². The second-order valence-electron chi connectivity index (χ2n) is 5.15. The molecule has 2 rings (SSSR count). The molecule has 0 spiro atoms. The third kappa shape index (κ3) is 5.92. The van der Waals surface area contributed by atoms with E-state index in [4.69, 9.17) is 10.5 Å². The number of hydrogen-bond acceptors (Lipinski definition) is 3. The highest BCUT2D eigenvalue weighted by atomic mass is 16.5. The summed E-state index contributed by atoms with van der Waals surface area (Å²) in [6.07, 6.45) is 0.744. The lowest BCUT2D eigenvalue weighted by atomic mass is 10.1. The van der Waals surface area contributed by atoms with Crippen LogP contribution in [-0.4, -0.2) is 18.4 Å². The monoisotopic (exact) mass is 312 g/mol. The van der Waals surface area contributed by atoms with Crippen LogP contribution < -0.4 is 11.1 Å². The van der Waals surface area contributed by atoms with E-state index in [0.29, 0.717) is 18.7 Å². The summed E-state index contributed by atoms with van der Waals surface area (Å²) >= 11 is 0. The Morgan fingerprint density at radius 3 is 2.43 bits per heavy atom. The smallest absolute Gasteiger partial charge is 0.250 e. The number of ether oxygens (including phenoxy) is 1. The van der Waals surface area contributed by atoms with Gasteiger partial charge in [-0.05, 0) is 23.6 Å². The number of amides is 2. The number of nitrogens with two attached hydrogens (primary N) is 1. The average Bonchev–Trinajstić information content (AvgIpc) is 2.55. The molecular formula is C18H20N2O3. The normalized spacial score (nSPS) is 10.3. The van der Waals surface area contributed by atoms with Gasteiger partial charge >= 0.3 is 0 Å². The van der Waals surface area contributed by atoms with Gasteiger partial charge < -0.3 is 15.8 Å². The van der Waals surface area contributed by atoms with Crippen LogP contribution in [0.2, 0.25) is 0 Å². The van der Waals surface area contributed by atoms with Gasteiger partial charge in [0.2, 0.25) is 11.8 Å². The van der Waals surface area contributed by atoms with Gasteiger partial charge in [-0.2, -0.15) is 0 Å². The maximum atomic E-state index is 12.0. The van der Waals surface area contributed by atoms with Crippen molar-refractivity contribution >= 4 is 17.5 Å². The Bertz CT molecular complexity index is 656. The van der Waals surface area contributed by atoms with E-state index in [-0.39, 0.29) is 24.8 Å². The van der Waals surface area contributed by atoms with Gasteiger partial charge in [-0.25, -0.2) is 0 Å². The van der Waals surface area contributed by atoms with E-state index in [1.165, 1.54) is 0 Å². The zero-order valence-electron chi connectivity index (χ0n) is 12.8. The van der Waals surface area contributed by atoms with Crippen LogP contribution in [0.4, 0.5) is 5.69 Å². The quantitative estimate of drug-likeness (QED) is 0.784. The summed E-state index contributed by atoms with van der Waals surface area (Å²) in [6, 6.07) is 17.0. The molecule has 5 heteroatoms. The lowest BCUT2D eigenvalue weighted by Crippen LogP contribution is -2.19. The minimum atomic E-state index is -0.364. The maximum absolute atomic E-state index is 12.0. The molecule has 0 aliphatic carbocycles. The second kappa shape index (κ2) is 8.70. The van der Waals surface area contributed by atoms with Gasteiger partial charge in [0.1, 0.15) is 6.61 Å². The van der Waals surface area contributed by atoms with Gasteiger partial charge in [-0.1, -0.05) is 48.5 Å². The molecule has 0 saturated carbocycles. The number of carbonyl (C=O) groups excluding carboxylic acids is 2. The third-order valence-electron chi connectivity index (χ3n) is 3.28. The molecular weight excluding hydrogens is 292 g/mol. The summed E-state index contributed by atoms with van der Waals surface area (Å²) in [5.41, 5.74) is 7.74. The number of nitrogens with one attached hydrogen (secondary N) is 1. The fraction of sp³-hybridized carbons (Fsp3) is 0.222. The topological polar surface area (TPSA) is 81.4 Å². The first-order valence-corrected chi connectivity index (χ1v) is 7.43. The van der Waals surface area contributed by atoms with Crippen molar-refractivity contribution in [3.63, 3.8) is 0 Å². The average molecular weight is 312 g/mol. The van der Waals surface area contributed by atoms with Crippen molar-refractivity contribution in [2.45, 2.75) is 19.4 Å². The van der Waals surface area contributed by atoms with Gasteiger partial charge in [0.25, 0.3) is 0 Å². The zero-order valence-corrected chi connectivity index (χ0v) is 12.8. The minimum absolute atomic E-state index is 0.0287. The van der Waals surface area contributed by atoms with Crippen molar-refractivity contribution in [2.24, 2.45) is 5.73 Å². The van der Waals surface area contributed by atoms with Crippen LogP contribution in [-0.2, 0) is 27.4 Å². The molecule has 0 saturated heterocycles. The molecule has 3 N–H and O–H groups in total. The Labute approximate surface area is 135 Å². The molecule has 120 valence electrons. The number of para-hydroxylation sites is 1. The van der Waals surface area contributed by atoms with Crippen molar-refractivity contribution in [3.05, 3.63) is 65.7 Å². The number of anilines is 1. The molecule has 5 nitrogen and oxygen atoms in total. The minimum Gasteiger partial charge on any atom is -0.370 e. The molecule has 0 bridgehead atoms. The first-order chi connectivity index (χ1) is 11.1. The largest absolute Gasteiger partial charge is 0.370 e. The second-order valence-corrected chi connectivity index (χ2v) is 5.15. The summed E-state index contributed by atoms with van der Waals surface area (Å²) in [6.45, 7) is 0.358. The third-order valence-corrected chi connectivity index (χ3v) is 3.28. The summed E-state index contributed by atoms with van der Waals surface area (Å²) in [4.78, 5) is 22.9. The van der Waals surface area contributed by atoms with Gasteiger partial charge in [-0.3, -0.25) is 9.59 Å². The molecule has 0 atom stereocenters. The molecule has 0 aromatic heterocycles. The molecule has 0 aliphatic rings. The van der Waals surface area contributed by atoms with Crippen molar-refractivity contribution in [3.8, 4) is 0 Å². The molecule has 0 heterocycles. The lowest BCUT2D eigenvalue weighted by Gasteiger charge is -2.11. The first-order valence-electron chi connectivity index (χ1n) is 7.43. The van der Waals surface area contributed by atoms with Crippen molar-refractivity contribution < 1.29 is 14.3 Å². The van der Waals surface area contributed by atoms with E-state index in [1.807, 2.05) is 48.5 Å². The van der Waals surface area contributed by atoms with Crippen molar-refractivity contribution in [1.82, 2.24) is 0 Å². The van der Waals surface area contributed by atoms with E-state index in [0.717, 1.165) is 11.1 Å². The summed E-state index contributed by atoms with van der Waals surface area (Å²) in [7, 11) is 0. The number of rotatable bonds is 8. The highest BCUT2D eigenvalue weighted by Gasteiger charge is 2.08. The molecule has 0 aliphatic heterocycles. The van der Waals surface area contributed by atoms with Crippen LogP contribution in [0.5, 0.6) is 0 Å². The Balaban J connectivity index is 1.84. The van der Waals surface area contributed by atoms with Crippen LogP contribution in [0.1, 0.15) is 17.5 Å². The number of benzene rings is 2. The molecule has 2 amide bonds. The van der Waals surface area contributed by atoms with Crippen molar-refractivity contribution in [2.75, 3.05) is 11.9 Å². The van der Waals surface area contributed by atoms with Crippen molar-refractivity contribution in [1.29, 1.82) is 0 Å².